The Balaban J connectivity index is 0.00000320. The summed E-state index contributed by atoms with van der Waals surface area (Å²) in [7, 11) is 3.88. The number of nitrogens with one attached hydrogen (secondary N) is 2. The number of aliphatic imine (C=N–C) groups is 1. The first-order valence-electron chi connectivity index (χ1n) is 10.8. The lowest BCUT2D eigenvalue weighted by Gasteiger charge is -2.21. The number of rotatable bonds is 7. The lowest BCUT2D eigenvalue weighted by molar-refractivity contribution is 0.258. The van der Waals surface area contributed by atoms with E-state index in [9.17, 15) is 0 Å². The fourth-order valence-electron chi connectivity index (χ4n) is 4.40. The van der Waals surface area contributed by atoms with Gasteiger partial charge in [0, 0.05) is 57.1 Å². The Kier molecular flexibility index (Phi) is 9.61. The van der Waals surface area contributed by atoms with Crippen LogP contribution in [0.15, 0.2) is 35.3 Å². The van der Waals surface area contributed by atoms with E-state index < -0.39 is 0 Å². The van der Waals surface area contributed by atoms with Crippen LogP contribution in [0.1, 0.15) is 49.7 Å². The number of guanidine groups is 1. The topological polar surface area (TPSA) is 57.5 Å². The molecule has 0 saturated carbocycles. The number of benzene rings is 1. The lowest BCUT2D eigenvalue weighted by Crippen LogP contribution is -2.44. The van der Waals surface area contributed by atoms with Gasteiger partial charge in [0.1, 0.15) is 0 Å². The number of aromatic nitrogens is 2. The van der Waals surface area contributed by atoms with E-state index >= 15 is 0 Å². The Labute approximate surface area is 198 Å². The number of nitrogens with zero attached hydrogens (tertiary/aromatic N) is 4. The Morgan fingerprint density at radius 1 is 1.20 bits per heavy atom. The van der Waals surface area contributed by atoms with Crippen LogP contribution >= 0.6 is 24.0 Å². The van der Waals surface area contributed by atoms with Crippen molar-refractivity contribution in [2.24, 2.45) is 12.0 Å². The van der Waals surface area contributed by atoms with Crippen molar-refractivity contribution in [1.29, 1.82) is 0 Å². The van der Waals surface area contributed by atoms with Gasteiger partial charge in [0.15, 0.2) is 5.96 Å². The van der Waals surface area contributed by atoms with Gasteiger partial charge in [-0.05, 0) is 31.7 Å². The molecule has 2 aromatic rings. The maximum atomic E-state index is 4.68. The van der Waals surface area contributed by atoms with Crippen molar-refractivity contribution in [3.63, 3.8) is 0 Å². The molecule has 2 unspecified atom stereocenters. The molecule has 0 amide bonds. The van der Waals surface area contributed by atoms with Gasteiger partial charge in [-0.15, -0.1) is 24.0 Å². The molecule has 2 N–H and O–H groups in total. The third kappa shape index (κ3) is 5.97. The van der Waals surface area contributed by atoms with Gasteiger partial charge in [-0.25, -0.2) is 0 Å². The van der Waals surface area contributed by atoms with Crippen molar-refractivity contribution < 1.29 is 0 Å². The summed E-state index contributed by atoms with van der Waals surface area (Å²) in [6.07, 6.45) is 3.06. The Hall–Kier alpha value is -1.61. The Bertz CT molecular complexity index is 817. The maximum Gasteiger partial charge on any atom is 0.191 e. The van der Waals surface area contributed by atoms with Gasteiger partial charge >= 0.3 is 0 Å². The van der Waals surface area contributed by atoms with Crippen molar-refractivity contribution in [3.05, 3.63) is 52.8 Å². The van der Waals surface area contributed by atoms with E-state index in [1.54, 1.807) is 0 Å². The lowest BCUT2D eigenvalue weighted by atomic mass is 10.1. The maximum absolute atomic E-state index is 4.68. The summed E-state index contributed by atoms with van der Waals surface area (Å²) in [5.74, 6) is 0.872. The quantitative estimate of drug-likeness (QED) is 0.331. The van der Waals surface area contributed by atoms with Gasteiger partial charge in [-0.2, -0.15) is 5.10 Å². The fraction of sp³-hybridized carbons (Fsp3) is 0.565. The van der Waals surface area contributed by atoms with Gasteiger partial charge < -0.3 is 10.6 Å². The molecule has 1 fully saturated rings. The molecule has 1 aromatic carbocycles. The summed E-state index contributed by atoms with van der Waals surface area (Å²) in [6, 6.07) is 11.7. The molecule has 2 atom stereocenters. The molecule has 166 valence electrons. The number of hydrogen-bond acceptors (Lipinski definition) is 3. The van der Waals surface area contributed by atoms with Crippen LogP contribution < -0.4 is 10.6 Å². The van der Waals surface area contributed by atoms with Crippen LogP contribution in [-0.2, 0) is 33.0 Å². The predicted molar refractivity (Wildman–Crippen MR) is 135 cm³/mol. The molecule has 30 heavy (non-hydrogen) atoms. The van der Waals surface area contributed by atoms with Crippen LogP contribution in [0.25, 0.3) is 0 Å². The van der Waals surface area contributed by atoms with Crippen LogP contribution in [0.4, 0.5) is 0 Å². The average Bonchev–Trinajstić information content (AvgIpc) is 3.23. The molecule has 3 rings (SSSR count). The molecule has 1 aliphatic rings. The first-order valence-corrected chi connectivity index (χ1v) is 10.8. The summed E-state index contributed by atoms with van der Waals surface area (Å²) in [5.41, 5.74) is 5.16. The minimum Gasteiger partial charge on any atom is -0.352 e. The summed E-state index contributed by atoms with van der Waals surface area (Å²) < 4.78 is 2.02. The Morgan fingerprint density at radius 2 is 1.93 bits per heavy atom. The molecule has 1 aromatic heterocycles. The van der Waals surface area contributed by atoms with Crippen LogP contribution in [0, 0.1) is 0 Å². The van der Waals surface area contributed by atoms with Crippen molar-refractivity contribution in [2.45, 2.75) is 65.2 Å². The first kappa shape index (κ1) is 24.7. The van der Waals surface area contributed by atoms with Crippen LogP contribution in [0.5, 0.6) is 0 Å². The number of halogens is 1. The molecule has 1 aliphatic heterocycles. The molecule has 1 saturated heterocycles. The third-order valence-electron chi connectivity index (χ3n) is 5.96. The molecule has 0 radical (unpaired) electrons. The molecular weight excluding hydrogens is 487 g/mol. The van der Waals surface area contributed by atoms with E-state index in [1.165, 1.54) is 22.5 Å². The van der Waals surface area contributed by atoms with Crippen molar-refractivity contribution in [1.82, 2.24) is 25.3 Å². The predicted octanol–water partition coefficient (Wildman–Crippen LogP) is 3.49. The standard InChI is InChI=1S/C23H36N6.HI/c1-6-21-20(22(7-2)28(5)27-21)14-25-23(24-4)26-19-13-17(3)29(16-19)15-18-11-9-8-10-12-18;/h8-12,17,19H,6-7,13-16H2,1-5H3,(H2,24,25,26);1H. The highest BCUT2D eigenvalue weighted by atomic mass is 127. The second kappa shape index (κ2) is 11.7. The molecule has 2 heterocycles. The number of aryl methyl sites for hydroxylation is 2. The fourth-order valence-corrected chi connectivity index (χ4v) is 4.40. The van der Waals surface area contributed by atoms with E-state index in [-0.39, 0.29) is 24.0 Å². The van der Waals surface area contributed by atoms with Crippen molar-refractivity contribution in [3.8, 4) is 0 Å². The summed E-state index contributed by atoms with van der Waals surface area (Å²) in [4.78, 5) is 7.01. The van der Waals surface area contributed by atoms with Crippen molar-refractivity contribution in [2.75, 3.05) is 13.6 Å². The van der Waals surface area contributed by atoms with Gasteiger partial charge in [0.2, 0.25) is 0 Å². The zero-order valence-corrected chi connectivity index (χ0v) is 21.3. The summed E-state index contributed by atoms with van der Waals surface area (Å²) >= 11 is 0. The second-order valence-electron chi connectivity index (χ2n) is 7.97. The third-order valence-corrected chi connectivity index (χ3v) is 5.96. The molecule has 6 nitrogen and oxygen atoms in total. The highest BCUT2D eigenvalue weighted by molar-refractivity contribution is 14.0. The molecule has 7 heteroatoms. The van der Waals surface area contributed by atoms with Gasteiger partial charge in [-0.1, -0.05) is 44.2 Å². The summed E-state index contributed by atoms with van der Waals surface area (Å²) in [6.45, 7) is 9.47. The molecular formula is C23H37IN6. The highest BCUT2D eigenvalue weighted by Crippen LogP contribution is 2.20. The summed E-state index contributed by atoms with van der Waals surface area (Å²) in [5, 5.41) is 11.8. The number of hydrogen-bond donors (Lipinski definition) is 2. The SMILES string of the molecule is CCc1nn(C)c(CC)c1CNC(=NC)NC1CC(C)N(Cc2ccccc2)C1.I. The minimum atomic E-state index is 0. The zero-order valence-electron chi connectivity index (χ0n) is 19.0. The molecule has 0 spiro atoms. The van der Waals surface area contributed by atoms with E-state index in [4.69, 9.17) is 0 Å². The average molecular weight is 524 g/mol. The van der Waals surface area contributed by atoms with Gasteiger partial charge in [0.25, 0.3) is 0 Å². The molecule has 0 aliphatic carbocycles. The minimum absolute atomic E-state index is 0. The van der Waals surface area contributed by atoms with Crippen LogP contribution in [-0.4, -0.2) is 46.3 Å². The zero-order chi connectivity index (χ0) is 20.8. The highest BCUT2D eigenvalue weighted by Gasteiger charge is 2.29. The van der Waals surface area contributed by atoms with Gasteiger partial charge in [-0.3, -0.25) is 14.6 Å². The number of likely N-dealkylation sites (tertiary alicyclic amines) is 1. The Morgan fingerprint density at radius 3 is 2.57 bits per heavy atom. The van der Waals surface area contributed by atoms with Crippen LogP contribution in [0.3, 0.4) is 0 Å². The monoisotopic (exact) mass is 524 g/mol. The van der Waals surface area contributed by atoms with Crippen molar-refractivity contribution >= 4 is 29.9 Å². The molecule has 0 bridgehead atoms. The first-order chi connectivity index (χ1) is 14.0. The van der Waals surface area contributed by atoms with Crippen LogP contribution in [0.2, 0.25) is 0 Å². The van der Waals surface area contributed by atoms with Gasteiger partial charge in [0.05, 0.1) is 5.69 Å². The van der Waals surface area contributed by atoms with E-state index in [1.807, 2.05) is 18.8 Å². The largest absolute Gasteiger partial charge is 0.352 e. The van der Waals surface area contributed by atoms with E-state index in [0.29, 0.717) is 12.1 Å². The normalized spacial score (nSPS) is 19.6. The smallest absolute Gasteiger partial charge is 0.191 e. The second-order valence-corrected chi connectivity index (χ2v) is 7.97. The van der Waals surface area contributed by atoms with E-state index in [0.717, 1.165) is 44.9 Å². The van der Waals surface area contributed by atoms with E-state index in [2.05, 4.69) is 76.7 Å².